The zero-order valence-corrected chi connectivity index (χ0v) is 8.94. The van der Waals surface area contributed by atoms with Crippen LogP contribution in [0.2, 0.25) is 0 Å². The van der Waals surface area contributed by atoms with Crippen molar-refractivity contribution in [2.24, 2.45) is 0 Å². The molecule has 3 rings (SSSR count). The molecule has 0 fully saturated rings. The molecule has 2 aromatic heterocycles. The molecule has 0 radical (unpaired) electrons. The van der Waals surface area contributed by atoms with Crippen LogP contribution in [0.15, 0.2) is 43.1 Å². The number of aromatic amines is 1. The maximum Gasteiger partial charge on any atom is 0.115 e. The van der Waals surface area contributed by atoms with Crippen molar-refractivity contribution in [2.75, 3.05) is 0 Å². The normalized spacial score (nSPS) is 10.8. The molecule has 0 aliphatic heterocycles. The van der Waals surface area contributed by atoms with Gasteiger partial charge in [-0.15, -0.1) is 0 Å². The van der Waals surface area contributed by atoms with Crippen LogP contribution in [0.5, 0.6) is 0 Å². The number of fused-ring (bicyclic) bond motifs is 1. The van der Waals surface area contributed by atoms with Gasteiger partial charge in [-0.05, 0) is 19.1 Å². The minimum atomic E-state index is 1.04. The second-order valence-electron chi connectivity index (χ2n) is 3.88. The van der Waals surface area contributed by atoms with Crippen molar-refractivity contribution >= 4 is 10.9 Å². The summed E-state index contributed by atoms with van der Waals surface area (Å²) in [6.45, 7) is 2.09. The summed E-state index contributed by atoms with van der Waals surface area (Å²) in [6.07, 6.45) is 7.21. The van der Waals surface area contributed by atoms with Gasteiger partial charge in [0.25, 0.3) is 0 Å². The second-order valence-corrected chi connectivity index (χ2v) is 3.88. The lowest BCUT2D eigenvalue weighted by atomic mass is 10.1. The first-order chi connectivity index (χ1) is 7.84. The van der Waals surface area contributed by atoms with E-state index in [0.717, 1.165) is 16.6 Å². The van der Waals surface area contributed by atoms with Gasteiger partial charge >= 0.3 is 0 Å². The summed E-state index contributed by atoms with van der Waals surface area (Å²) in [5.41, 5.74) is 4.59. The Morgan fingerprint density at radius 3 is 2.75 bits per heavy atom. The van der Waals surface area contributed by atoms with E-state index in [4.69, 9.17) is 0 Å². The van der Waals surface area contributed by atoms with Gasteiger partial charge in [-0.3, -0.25) is 0 Å². The number of aromatic nitrogens is 3. The van der Waals surface area contributed by atoms with Crippen molar-refractivity contribution in [1.29, 1.82) is 0 Å². The van der Waals surface area contributed by atoms with E-state index in [1.165, 1.54) is 10.9 Å². The lowest BCUT2D eigenvalue weighted by Crippen LogP contribution is -1.80. The number of H-pyrrole nitrogens is 1. The van der Waals surface area contributed by atoms with Gasteiger partial charge < -0.3 is 4.98 Å². The van der Waals surface area contributed by atoms with Crippen LogP contribution in [0, 0.1) is 6.92 Å². The number of hydrogen-bond acceptors (Lipinski definition) is 2. The first-order valence-corrected chi connectivity index (χ1v) is 5.18. The summed E-state index contributed by atoms with van der Waals surface area (Å²) in [7, 11) is 0. The van der Waals surface area contributed by atoms with Crippen molar-refractivity contribution in [3.63, 3.8) is 0 Å². The molecule has 78 valence electrons. The van der Waals surface area contributed by atoms with Gasteiger partial charge in [0, 0.05) is 40.6 Å². The molecular weight excluding hydrogens is 198 g/mol. The van der Waals surface area contributed by atoms with Crippen LogP contribution in [0.1, 0.15) is 5.56 Å². The Balaban J connectivity index is 2.29. The van der Waals surface area contributed by atoms with Crippen LogP contribution in [-0.2, 0) is 0 Å². The quantitative estimate of drug-likeness (QED) is 0.669. The second kappa shape index (κ2) is 3.45. The third-order valence-electron chi connectivity index (χ3n) is 2.71. The van der Waals surface area contributed by atoms with Crippen molar-refractivity contribution in [3.8, 4) is 11.1 Å². The molecule has 16 heavy (non-hydrogen) atoms. The first kappa shape index (κ1) is 9.09. The molecule has 0 aliphatic rings. The number of nitrogens with zero attached hydrogens (tertiary/aromatic N) is 2. The zero-order valence-electron chi connectivity index (χ0n) is 8.94. The van der Waals surface area contributed by atoms with Gasteiger partial charge in [-0.25, -0.2) is 9.97 Å². The Bertz CT molecular complexity index is 626. The minimum Gasteiger partial charge on any atom is -0.361 e. The maximum absolute atomic E-state index is 4.04. The topological polar surface area (TPSA) is 41.6 Å². The molecule has 3 heteroatoms. The van der Waals surface area contributed by atoms with E-state index in [9.17, 15) is 0 Å². The van der Waals surface area contributed by atoms with E-state index in [-0.39, 0.29) is 0 Å². The first-order valence-electron chi connectivity index (χ1n) is 5.18. The van der Waals surface area contributed by atoms with E-state index in [0.29, 0.717) is 0 Å². The molecule has 0 saturated carbocycles. The smallest absolute Gasteiger partial charge is 0.115 e. The SMILES string of the molecule is Cc1ccc2[nH]cc(-c3cncnc3)c2c1. The predicted molar refractivity (Wildman–Crippen MR) is 64.1 cm³/mol. The molecule has 0 bridgehead atoms. The van der Waals surface area contributed by atoms with Gasteiger partial charge in [0.15, 0.2) is 0 Å². The highest BCUT2D eigenvalue weighted by Crippen LogP contribution is 2.27. The van der Waals surface area contributed by atoms with Gasteiger partial charge in [-0.2, -0.15) is 0 Å². The number of aryl methyl sites for hydroxylation is 1. The summed E-state index contributed by atoms with van der Waals surface area (Å²) in [5.74, 6) is 0. The molecule has 0 spiro atoms. The monoisotopic (exact) mass is 209 g/mol. The maximum atomic E-state index is 4.04. The lowest BCUT2D eigenvalue weighted by Gasteiger charge is -1.98. The molecule has 2 heterocycles. The summed E-state index contributed by atoms with van der Waals surface area (Å²) in [4.78, 5) is 11.3. The third-order valence-corrected chi connectivity index (χ3v) is 2.71. The van der Waals surface area contributed by atoms with Crippen LogP contribution < -0.4 is 0 Å². The molecule has 0 aliphatic carbocycles. The van der Waals surface area contributed by atoms with Crippen molar-refractivity contribution in [1.82, 2.24) is 15.0 Å². The summed E-state index contributed by atoms with van der Waals surface area (Å²) in [6, 6.07) is 6.37. The predicted octanol–water partition coefficient (Wildman–Crippen LogP) is 2.93. The molecule has 1 N–H and O–H groups in total. The summed E-state index contributed by atoms with van der Waals surface area (Å²) >= 11 is 0. The van der Waals surface area contributed by atoms with Crippen molar-refractivity contribution in [3.05, 3.63) is 48.7 Å². The Kier molecular flexibility index (Phi) is 1.96. The Labute approximate surface area is 93.2 Å². The molecule has 1 aromatic carbocycles. The van der Waals surface area contributed by atoms with Gasteiger partial charge in [0.1, 0.15) is 6.33 Å². The third kappa shape index (κ3) is 1.37. The average Bonchev–Trinajstić information content (AvgIpc) is 2.73. The fourth-order valence-corrected chi connectivity index (χ4v) is 1.91. The van der Waals surface area contributed by atoms with Gasteiger partial charge in [-0.1, -0.05) is 11.6 Å². The zero-order chi connectivity index (χ0) is 11.0. The van der Waals surface area contributed by atoms with Crippen LogP contribution in [-0.4, -0.2) is 15.0 Å². The van der Waals surface area contributed by atoms with Gasteiger partial charge in [0.05, 0.1) is 0 Å². The number of hydrogen-bond donors (Lipinski definition) is 1. The highest BCUT2D eigenvalue weighted by Gasteiger charge is 2.05. The average molecular weight is 209 g/mol. The van der Waals surface area contributed by atoms with Crippen LogP contribution in [0.3, 0.4) is 0 Å². The van der Waals surface area contributed by atoms with E-state index in [1.807, 2.05) is 18.6 Å². The van der Waals surface area contributed by atoms with E-state index >= 15 is 0 Å². The Morgan fingerprint density at radius 1 is 1.12 bits per heavy atom. The Morgan fingerprint density at radius 2 is 1.94 bits per heavy atom. The lowest BCUT2D eigenvalue weighted by molar-refractivity contribution is 1.17. The minimum absolute atomic E-state index is 1.04. The largest absolute Gasteiger partial charge is 0.361 e. The fourth-order valence-electron chi connectivity index (χ4n) is 1.91. The van der Waals surface area contributed by atoms with Crippen molar-refractivity contribution < 1.29 is 0 Å². The summed E-state index contributed by atoms with van der Waals surface area (Å²) < 4.78 is 0. The fraction of sp³-hybridized carbons (Fsp3) is 0.0769. The summed E-state index contributed by atoms with van der Waals surface area (Å²) in [5, 5.41) is 1.22. The van der Waals surface area contributed by atoms with Crippen molar-refractivity contribution in [2.45, 2.75) is 6.92 Å². The highest BCUT2D eigenvalue weighted by atomic mass is 14.8. The molecule has 0 unspecified atom stereocenters. The number of nitrogens with one attached hydrogen (secondary N) is 1. The molecular formula is C13H11N3. The van der Waals surface area contributed by atoms with E-state index in [2.05, 4.69) is 40.1 Å². The molecule has 3 nitrogen and oxygen atoms in total. The van der Waals surface area contributed by atoms with Crippen LogP contribution in [0.4, 0.5) is 0 Å². The molecule has 3 aromatic rings. The van der Waals surface area contributed by atoms with Crippen LogP contribution in [0.25, 0.3) is 22.0 Å². The number of benzene rings is 1. The van der Waals surface area contributed by atoms with Gasteiger partial charge in [0.2, 0.25) is 0 Å². The highest BCUT2D eigenvalue weighted by molar-refractivity contribution is 5.95. The molecule has 0 saturated heterocycles. The Hall–Kier alpha value is -2.16. The van der Waals surface area contributed by atoms with E-state index < -0.39 is 0 Å². The van der Waals surface area contributed by atoms with Crippen LogP contribution >= 0.6 is 0 Å². The van der Waals surface area contributed by atoms with E-state index in [1.54, 1.807) is 6.33 Å². The molecule has 0 atom stereocenters. The number of rotatable bonds is 1. The standard InChI is InChI=1S/C13H11N3/c1-9-2-3-13-11(4-9)12(7-16-13)10-5-14-8-15-6-10/h2-8,16H,1H3. The molecule has 0 amide bonds.